The summed E-state index contributed by atoms with van der Waals surface area (Å²) < 4.78 is 6.68. The van der Waals surface area contributed by atoms with Crippen LogP contribution in [-0.4, -0.2) is 32.8 Å². The van der Waals surface area contributed by atoms with Crippen LogP contribution >= 0.6 is 0 Å². The lowest BCUT2D eigenvalue weighted by molar-refractivity contribution is -0.144. The van der Waals surface area contributed by atoms with E-state index in [2.05, 4.69) is 41.2 Å². The molecule has 0 bridgehead atoms. The molecule has 27 heavy (non-hydrogen) atoms. The van der Waals surface area contributed by atoms with E-state index in [1.54, 1.807) is 12.5 Å². The van der Waals surface area contributed by atoms with Gasteiger partial charge in [0.1, 0.15) is 12.1 Å². The molecule has 0 aliphatic carbocycles. The number of ether oxygens (including phenoxy) is 1. The molecular weight excluding hydrogens is 342 g/mol. The number of carbonyl (C=O) groups excluding carboxylic acids is 1. The molecule has 7 nitrogen and oxygen atoms in total. The summed E-state index contributed by atoms with van der Waals surface area (Å²) in [6.07, 6.45) is 3.97. The first kappa shape index (κ1) is 18.8. The van der Waals surface area contributed by atoms with Crippen molar-refractivity contribution in [3.8, 4) is 0 Å². The quantitative estimate of drug-likeness (QED) is 0.693. The van der Waals surface area contributed by atoms with Gasteiger partial charge in [-0.25, -0.2) is 14.6 Å². The zero-order valence-electron chi connectivity index (χ0n) is 16.4. The molecule has 7 heteroatoms. The van der Waals surface area contributed by atoms with E-state index in [1.807, 2.05) is 35.9 Å². The van der Waals surface area contributed by atoms with E-state index < -0.39 is 0 Å². The summed E-state index contributed by atoms with van der Waals surface area (Å²) in [5.74, 6) is 0.348. The second-order valence-electron chi connectivity index (χ2n) is 7.64. The Hall–Kier alpha value is -2.96. The lowest BCUT2D eigenvalue weighted by atomic mass is 10.0. The standard InChI is InChI=1S/C20H25N5O2/c1-13(19(26)27-5)10-14-6-8-15(9-7-14)24-17-16-11-23-25(20(2,3)4)18(16)22-12-21-17/h6-9,11-13H,10H2,1-5H3,(H,21,22,24). The predicted molar refractivity (Wildman–Crippen MR) is 105 cm³/mol. The van der Waals surface area contributed by atoms with Gasteiger partial charge in [-0.2, -0.15) is 5.10 Å². The second-order valence-corrected chi connectivity index (χ2v) is 7.64. The van der Waals surface area contributed by atoms with Crippen LogP contribution in [0.4, 0.5) is 11.5 Å². The monoisotopic (exact) mass is 367 g/mol. The molecular formula is C20H25N5O2. The summed E-state index contributed by atoms with van der Waals surface area (Å²) >= 11 is 0. The van der Waals surface area contributed by atoms with Crippen molar-refractivity contribution in [2.45, 2.75) is 39.7 Å². The molecule has 2 heterocycles. The smallest absolute Gasteiger partial charge is 0.308 e. The average Bonchev–Trinajstić information content (AvgIpc) is 3.08. The molecule has 0 saturated heterocycles. The maximum Gasteiger partial charge on any atom is 0.308 e. The van der Waals surface area contributed by atoms with Crippen LogP contribution in [0.3, 0.4) is 0 Å². The summed E-state index contributed by atoms with van der Waals surface area (Å²) in [6.45, 7) is 8.12. The summed E-state index contributed by atoms with van der Waals surface area (Å²) in [4.78, 5) is 20.3. The Balaban J connectivity index is 1.80. The highest BCUT2D eigenvalue weighted by Crippen LogP contribution is 2.26. The third kappa shape index (κ3) is 4.07. The van der Waals surface area contributed by atoms with Gasteiger partial charge in [-0.3, -0.25) is 4.79 Å². The van der Waals surface area contributed by atoms with Crippen molar-refractivity contribution < 1.29 is 9.53 Å². The van der Waals surface area contributed by atoms with Crippen LogP contribution in [0.25, 0.3) is 11.0 Å². The number of rotatable bonds is 5. The third-order valence-corrected chi connectivity index (χ3v) is 4.36. The van der Waals surface area contributed by atoms with Crippen LogP contribution in [0.2, 0.25) is 0 Å². The summed E-state index contributed by atoms with van der Waals surface area (Å²) in [6, 6.07) is 7.94. The van der Waals surface area contributed by atoms with E-state index >= 15 is 0 Å². The SMILES string of the molecule is COC(=O)C(C)Cc1ccc(Nc2ncnc3c2cnn3C(C)(C)C)cc1. The Bertz CT molecular complexity index is 941. The second kappa shape index (κ2) is 7.34. The van der Waals surface area contributed by atoms with E-state index in [9.17, 15) is 4.79 Å². The fourth-order valence-electron chi connectivity index (χ4n) is 2.93. The molecule has 0 aliphatic rings. The minimum atomic E-state index is -0.198. The van der Waals surface area contributed by atoms with Crippen LogP contribution in [0, 0.1) is 5.92 Å². The Kier molecular flexibility index (Phi) is 5.12. The molecule has 0 aliphatic heterocycles. The van der Waals surface area contributed by atoms with Crippen LogP contribution in [0.15, 0.2) is 36.8 Å². The number of methoxy groups -OCH3 is 1. The Morgan fingerprint density at radius 3 is 2.56 bits per heavy atom. The van der Waals surface area contributed by atoms with Gasteiger partial charge < -0.3 is 10.1 Å². The predicted octanol–water partition coefficient (Wildman–Crippen LogP) is 3.68. The number of carbonyl (C=O) groups is 1. The summed E-state index contributed by atoms with van der Waals surface area (Å²) in [7, 11) is 1.41. The van der Waals surface area contributed by atoms with Crippen LogP contribution < -0.4 is 5.32 Å². The molecule has 3 rings (SSSR count). The highest BCUT2D eigenvalue weighted by molar-refractivity contribution is 5.88. The van der Waals surface area contributed by atoms with E-state index in [0.717, 1.165) is 22.3 Å². The first-order chi connectivity index (χ1) is 12.8. The summed E-state index contributed by atoms with van der Waals surface area (Å²) in [5.41, 5.74) is 2.62. The van der Waals surface area contributed by atoms with Crippen molar-refractivity contribution in [3.05, 3.63) is 42.4 Å². The Morgan fingerprint density at radius 2 is 1.93 bits per heavy atom. The van der Waals surface area contributed by atoms with Crippen molar-refractivity contribution >= 4 is 28.5 Å². The van der Waals surface area contributed by atoms with Crippen LogP contribution in [-0.2, 0) is 21.5 Å². The van der Waals surface area contributed by atoms with Gasteiger partial charge in [-0.05, 0) is 44.9 Å². The van der Waals surface area contributed by atoms with Crippen molar-refractivity contribution in [3.63, 3.8) is 0 Å². The number of benzene rings is 1. The molecule has 2 aromatic heterocycles. The number of esters is 1. The molecule has 3 aromatic rings. The van der Waals surface area contributed by atoms with Crippen LogP contribution in [0.1, 0.15) is 33.3 Å². The molecule has 1 atom stereocenters. The molecule has 1 aromatic carbocycles. The van der Waals surface area contributed by atoms with Crippen molar-refractivity contribution in [2.75, 3.05) is 12.4 Å². The Labute approximate surface area is 158 Å². The maximum atomic E-state index is 11.6. The van der Waals surface area contributed by atoms with Gasteiger partial charge in [0.15, 0.2) is 5.65 Å². The van der Waals surface area contributed by atoms with E-state index in [0.29, 0.717) is 12.2 Å². The largest absolute Gasteiger partial charge is 0.469 e. The fourth-order valence-corrected chi connectivity index (χ4v) is 2.93. The Morgan fingerprint density at radius 1 is 1.22 bits per heavy atom. The molecule has 0 saturated carbocycles. The van der Waals surface area contributed by atoms with Gasteiger partial charge in [0.05, 0.1) is 30.1 Å². The molecule has 0 amide bonds. The number of hydrogen-bond acceptors (Lipinski definition) is 6. The third-order valence-electron chi connectivity index (χ3n) is 4.36. The fraction of sp³-hybridized carbons (Fsp3) is 0.400. The van der Waals surface area contributed by atoms with Gasteiger partial charge in [0.2, 0.25) is 0 Å². The number of anilines is 2. The number of nitrogens with one attached hydrogen (secondary N) is 1. The van der Waals surface area contributed by atoms with E-state index in [1.165, 1.54) is 7.11 Å². The van der Waals surface area contributed by atoms with Crippen LogP contribution in [0.5, 0.6) is 0 Å². The van der Waals surface area contributed by atoms with Gasteiger partial charge in [-0.1, -0.05) is 19.1 Å². The first-order valence-electron chi connectivity index (χ1n) is 8.92. The highest BCUT2D eigenvalue weighted by atomic mass is 16.5. The average molecular weight is 367 g/mol. The molecule has 1 unspecified atom stereocenters. The van der Waals surface area contributed by atoms with Gasteiger partial charge in [0, 0.05) is 5.69 Å². The van der Waals surface area contributed by atoms with Gasteiger partial charge >= 0.3 is 5.97 Å². The number of fused-ring (bicyclic) bond motifs is 1. The topological polar surface area (TPSA) is 81.9 Å². The van der Waals surface area contributed by atoms with Gasteiger partial charge in [-0.15, -0.1) is 0 Å². The summed E-state index contributed by atoms with van der Waals surface area (Å²) in [5, 5.41) is 8.67. The molecule has 0 radical (unpaired) electrons. The van der Waals surface area contributed by atoms with E-state index in [-0.39, 0.29) is 17.4 Å². The lowest BCUT2D eigenvalue weighted by Gasteiger charge is -2.19. The highest BCUT2D eigenvalue weighted by Gasteiger charge is 2.19. The first-order valence-corrected chi connectivity index (χ1v) is 8.92. The van der Waals surface area contributed by atoms with Crippen molar-refractivity contribution in [2.24, 2.45) is 5.92 Å². The maximum absolute atomic E-state index is 11.6. The number of aromatic nitrogens is 4. The lowest BCUT2D eigenvalue weighted by Crippen LogP contribution is -2.23. The zero-order valence-corrected chi connectivity index (χ0v) is 16.4. The minimum absolute atomic E-state index is 0.161. The normalized spacial score (nSPS) is 12.8. The molecule has 0 spiro atoms. The zero-order chi connectivity index (χ0) is 19.6. The number of nitrogens with zero attached hydrogens (tertiary/aromatic N) is 4. The van der Waals surface area contributed by atoms with Crippen molar-refractivity contribution in [1.82, 2.24) is 19.7 Å². The molecule has 142 valence electrons. The van der Waals surface area contributed by atoms with Gasteiger partial charge in [0.25, 0.3) is 0 Å². The van der Waals surface area contributed by atoms with Crippen molar-refractivity contribution in [1.29, 1.82) is 0 Å². The van der Waals surface area contributed by atoms with E-state index in [4.69, 9.17) is 4.74 Å². The minimum Gasteiger partial charge on any atom is -0.469 e. The number of hydrogen-bond donors (Lipinski definition) is 1. The molecule has 0 fully saturated rings. The molecule has 1 N–H and O–H groups in total.